The number of piperazine rings is 1. The van der Waals surface area contributed by atoms with Crippen molar-refractivity contribution in [3.05, 3.63) is 35.4 Å². The molecule has 2 saturated heterocycles. The Morgan fingerprint density at radius 2 is 1.86 bits per heavy atom. The molecule has 0 spiro atoms. The van der Waals surface area contributed by atoms with Gasteiger partial charge in [0.1, 0.15) is 6.54 Å². The van der Waals surface area contributed by atoms with Crippen LogP contribution >= 0.6 is 12.4 Å². The molecule has 10 heteroatoms. The number of nitrogens with one attached hydrogen (secondary N) is 2. The number of rotatable bonds is 5. The monoisotopic (exact) mass is 430 g/mol. The van der Waals surface area contributed by atoms with Crippen LogP contribution in [0.3, 0.4) is 0 Å². The molecule has 0 saturated carbocycles. The number of carbonyl (C=O) groups is 3. The predicted molar refractivity (Wildman–Crippen MR) is 105 cm³/mol. The van der Waals surface area contributed by atoms with E-state index in [1.165, 1.54) is 15.9 Å². The van der Waals surface area contributed by atoms with E-state index in [1.807, 2.05) is 0 Å². The largest absolute Gasteiger partial charge is 0.350 e. The van der Waals surface area contributed by atoms with Crippen molar-refractivity contribution in [3.63, 3.8) is 0 Å². The van der Waals surface area contributed by atoms with Crippen LogP contribution in [0, 0.1) is 11.6 Å². The summed E-state index contributed by atoms with van der Waals surface area (Å²) in [5.74, 6) is -3.66. The summed E-state index contributed by atoms with van der Waals surface area (Å²) in [6.45, 7) is 3.92. The van der Waals surface area contributed by atoms with Crippen LogP contribution in [-0.4, -0.2) is 72.8 Å². The van der Waals surface area contributed by atoms with Crippen LogP contribution in [0.4, 0.5) is 8.78 Å². The lowest BCUT2D eigenvalue weighted by atomic mass is 9.86. The molecule has 2 unspecified atom stereocenters. The van der Waals surface area contributed by atoms with Gasteiger partial charge in [-0.15, -0.1) is 12.4 Å². The molecule has 0 bridgehead atoms. The Balaban J connectivity index is 0.00000300. The molecule has 1 aromatic rings. The van der Waals surface area contributed by atoms with Gasteiger partial charge in [0, 0.05) is 38.1 Å². The number of amides is 3. The number of piperidine rings is 1. The summed E-state index contributed by atoms with van der Waals surface area (Å²) in [7, 11) is 0. The van der Waals surface area contributed by atoms with E-state index in [0.717, 1.165) is 12.1 Å². The van der Waals surface area contributed by atoms with Crippen molar-refractivity contribution in [1.29, 1.82) is 0 Å². The number of likely N-dealkylation sites (N-methyl/N-ethyl adjacent to an activating group) is 1. The van der Waals surface area contributed by atoms with Crippen LogP contribution in [0.5, 0.6) is 0 Å². The van der Waals surface area contributed by atoms with Gasteiger partial charge in [0.15, 0.2) is 11.6 Å². The summed E-state index contributed by atoms with van der Waals surface area (Å²) in [5.41, 5.74) is 0.619. The van der Waals surface area contributed by atoms with Gasteiger partial charge < -0.3 is 20.4 Å². The predicted octanol–water partition coefficient (Wildman–Crippen LogP) is 0.639. The van der Waals surface area contributed by atoms with Crippen molar-refractivity contribution in [2.75, 3.05) is 39.3 Å². The molecule has 2 atom stereocenters. The highest BCUT2D eigenvalue weighted by Gasteiger charge is 2.34. The van der Waals surface area contributed by atoms with Crippen LogP contribution < -0.4 is 10.6 Å². The highest BCUT2D eigenvalue weighted by Crippen LogP contribution is 2.27. The zero-order chi connectivity index (χ0) is 20.3. The molecule has 0 aliphatic carbocycles. The van der Waals surface area contributed by atoms with Gasteiger partial charge in [0.05, 0.1) is 0 Å². The Kier molecular flexibility index (Phi) is 7.92. The molecule has 3 rings (SSSR count). The van der Waals surface area contributed by atoms with Crippen LogP contribution in [0.1, 0.15) is 24.8 Å². The minimum absolute atomic E-state index is 0. The van der Waals surface area contributed by atoms with Crippen LogP contribution in [0.25, 0.3) is 0 Å². The summed E-state index contributed by atoms with van der Waals surface area (Å²) < 4.78 is 26.8. The molecule has 2 aliphatic heterocycles. The van der Waals surface area contributed by atoms with Gasteiger partial charge >= 0.3 is 11.8 Å². The summed E-state index contributed by atoms with van der Waals surface area (Å²) >= 11 is 0. The van der Waals surface area contributed by atoms with Gasteiger partial charge in [0.2, 0.25) is 5.91 Å². The Morgan fingerprint density at radius 1 is 1.17 bits per heavy atom. The highest BCUT2D eigenvalue weighted by molar-refractivity contribution is 6.35. The van der Waals surface area contributed by atoms with Crippen LogP contribution in [0.2, 0.25) is 0 Å². The molecule has 2 heterocycles. The molecule has 2 fully saturated rings. The topological polar surface area (TPSA) is 81.8 Å². The average molecular weight is 431 g/mol. The van der Waals surface area contributed by atoms with Gasteiger partial charge in [-0.25, -0.2) is 8.78 Å². The van der Waals surface area contributed by atoms with Crippen LogP contribution in [-0.2, 0) is 14.4 Å². The lowest BCUT2D eigenvalue weighted by Crippen LogP contribution is -2.57. The zero-order valence-corrected chi connectivity index (χ0v) is 16.9. The normalized spacial score (nSPS) is 22.3. The maximum absolute atomic E-state index is 13.6. The van der Waals surface area contributed by atoms with Crippen molar-refractivity contribution in [1.82, 2.24) is 20.4 Å². The first-order valence-corrected chi connectivity index (χ1v) is 9.44. The number of carbonyl (C=O) groups excluding carboxylic acids is 3. The minimum Gasteiger partial charge on any atom is -0.350 e. The average Bonchev–Trinajstić information content (AvgIpc) is 2.68. The zero-order valence-electron chi connectivity index (χ0n) is 16.1. The summed E-state index contributed by atoms with van der Waals surface area (Å²) in [6, 6.07) is 3.45. The Labute approximate surface area is 174 Å². The molecule has 7 nitrogen and oxygen atoms in total. The summed E-state index contributed by atoms with van der Waals surface area (Å²) in [5, 5.41) is 6.05. The first kappa shape index (κ1) is 23.0. The molecule has 29 heavy (non-hydrogen) atoms. The fraction of sp³-hybridized carbons (Fsp3) is 0.526. The first-order chi connectivity index (χ1) is 13.4. The number of halogens is 3. The second-order valence-corrected chi connectivity index (χ2v) is 7.06. The maximum atomic E-state index is 13.6. The van der Waals surface area contributed by atoms with E-state index >= 15 is 0 Å². The van der Waals surface area contributed by atoms with E-state index in [9.17, 15) is 23.2 Å². The molecule has 2 aliphatic rings. The molecular formula is C19H25ClF2N4O3. The Morgan fingerprint density at radius 3 is 2.55 bits per heavy atom. The third kappa shape index (κ3) is 5.22. The lowest BCUT2D eigenvalue weighted by Gasteiger charge is -2.35. The van der Waals surface area contributed by atoms with E-state index < -0.39 is 23.4 Å². The fourth-order valence-corrected chi connectivity index (χ4v) is 3.75. The molecule has 160 valence electrons. The lowest BCUT2D eigenvalue weighted by molar-refractivity contribution is -0.156. The SMILES string of the molecule is CCN1CCN(CC(=O)NC2CNCCC2c2ccc(F)c(F)c2)C(=O)C1=O.Cl. The standard InChI is InChI=1S/C19H24F2N4O3.ClH/c1-2-24-7-8-25(19(28)18(24)27)11-17(26)23-16-10-22-6-5-13(16)12-3-4-14(20)15(21)9-12;/h3-4,9,13,16,22H,2,5-8,10-11H2,1H3,(H,23,26);1H. The summed E-state index contributed by atoms with van der Waals surface area (Å²) in [4.78, 5) is 39.3. The van der Waals surface area contributed by atoms with Gasteiger partial charge in [-0.1, -0.05) is 6.07 Å². The van der Waals surface area contributed by atoms with E-state index in [1.54, 1.807) is 6.92 Å². The molecule has 1 aromatic carbocycles. The number of nitrogens with zero attached hydrogens (tertiary/aromatic N) is 2. The van der Waals surface area contributed by atoms with E-state index in [2.05, 4.69) is 10.6 Å². The van der Waals surface area contributed by atoms with Crippen molar-refractivity contribution in [2.45, 2.75) is 25.3 Å². The maximum Gasteiger partial charge on any atom is 0.312 e. The summed E-state index contributed by atoms with van der Waals surface area (Å²) in [6.07, 6.45) is 0.655. The third-order valence-electron chi connectivity index (χ3n) is 5.31. The third-order valence-corrected chi connectivity index (χ3v) is 5.31. The van der Waals surface area contributed by atoms with Gasteiger partial charge in [-0.05, 0) is 37.6 Å². The second-order valence-electron chi connectivity index (χ2n) is 7.06. The highest BCUT2D eigenvalue weighted by atomic mass is 35.5. The van der Waals surface area contributed by atoms with Crippen molar-refractivity contribution in [3.8, 4) is 0 Å². The number of hydrogen-bond acceptors (Lipinski definition) is 4. The van der Waals surface area contributed by atoms with Crippen molar-refractivity contribution in [2.24, 2.45) is 0 Å². The van der Waals surface area contributed by atoms with E-state index in [0.29, 0.717) is 44.7 Å². The number of hydrogen-bond donors (Lipinski definition) is 2. The molecule has 0 aromatic heterocycles. The molecule has 0 radical (unpaired) electrons. The quantitative estimate of drug-likeness (QED) is 0.672. The molecule has 3 amide bonds. The first-order valence-electron chi connectivity index (χ1n) is 9.44. The van der Waals surface area contributed by atoms with Crippen LogP contribution in [0.15, 0.2) is 18.2 Å². The molecule has 2 N–H and O–H groups in total. The van der Waals surface area contributed by atoms with Gasteiger partial charge in [-0.3, -0.25) is 14.4 Å². The Hall–Kier alpha value is -2.26. The van der Waals surface area contributed by atoms with Gasteiger partial charge in [-0.2, -0.15) is 0 Å². The van der Waals surface area contributed by atoms with E-state index in [-0.39, 0.29) is 36.8 Å². The van der Waals surface area contributed by atoms with Gasteiger partial charge in [0.25, 0.3) is 0 Å². The second kappa shape index (κ2) is 9.98. The molecular weight excluding hydrogens is 406 g/mol. The fourth-order valence-electron chi connectivity index (χ4n) is 3.75. The Bertz CT molecular complexity index is 780. The van der Waals surface area contributed by atoms with Crippen molar-refractivity contribution >= 4 is 30.1 Å². The number of benzene rings is 1. The smallest absolute Gasteiger partial charge is 0.312 e. The van der Waals surface area contributed by atoms with Crippen molar-refractivity contribution < 1.29 is 23.2 Å². The van der Waals surface area contributed by atoms with E-state index in [4.69, 9.17) is 0 Å². The minimum atomic E-state index is -0.918.